The summed E-state index contributed by atoms with van der Waals surface area (Å²) in [7, 11) is 0. The van der Waals surface area contributed by atoms with Crippen LogP contribution in [-0.2, 0) is 6.18 Å². The molecule has 1 aromatic heterocycles. The number of nitrogens with zero attached hydrogens (tertiary/aromatic N) is 2. The molecule has 1 saturated carbocycles. The standard InChI is InChI=1S/C16H15Cl2F3N4O/c17-10-5-9(6-11(18)14(10)26)22-13-7-12(16(19,20)21)24-15(25-13)23-8-3-1-2-4-8/h5-8,26H,1-4H2,(H2,22,23,24,25). The fourth-order valence-corrected chi connectivity index (χ4v) is 3.25. The van der Waals surface area contributed by atoms with Crippen LogP contribution in [-0.4, -0.2) is 21.1 Å². The summed E-state index contributed by atoms with van der Waals surface area (Å²) >= 11 is 11.7. The van der Waals surface area contributed by atoms with E-state index in [1.54, 1.807) is 0 Å². The molecule has 3 N–H and O–H groups in total. The van der Waals surface area contributed by atoms with E-state index < -0.39 is 11.9 Å². The zero-order valence-electron chi connectivity index (χ0n) is 13.4. The van der Waals surface area contributed by atoms with E-state index in [0.717, 1.165) is 31.7 Å². The lowest BCUT2D eigenvalue weighted by Gasteiger charge is -2.16. The number of aromatic hydroxyl groups is 1. The number of aromatic nitrogens is 2. The van der Waals surface area contributed by atoms with E-state index in [1.165, 1.54) is 12.1 Å². The van der Waals surface area contributed by atoms with E-state index in [2.05, 4.69) is 20.6 Å². The van der Waals surface area contributed by atoms with Crippen LogP contribution in [0.5, 0.6) is 5.75 Å². The maximum Gasteiger partial charge on any atom is 0.433 e. The Bertz CT molecular complexity index is 788. The zero-order chi connectivity index (χ0) is 18.9. The molecule has 0 radical (unpaired) electrons. The van der Waals surface area contributed by atoms with Gasteiger partial charge >= 0.3 is 6.18 Å². The maximum atomic E-state index is 13.2. The van der Waals surface area contributed by atoms with Crippen molar-refractivity contribution in [1.29, 1.82) is 0 Å². The van der Waals surface area contributed by atoms with Crippen molar-refractivity contribution < 1.29 is 18.3 Å². The highest BCUT2D eigenvalue weighted by atomic mass is 35.5. The number of phenolic OH excluding ortho intramolecular Hbond substituents is 1. The lowest BCUT2D eigenvalue weighted by molar-refractivity contribution is -0.141. The van der Waals surface area contributed by atoms with Gasteiger partial charge in [-0.15, -0.1) is 0 Å². The summed E-state index contributed by atoms with van der Waals surface area (Å²) in [6, 6.07) is 3.53. The fourth-order valence-electron chi connectivity index (χ4n) is 2.76. The molecule has 0 saturated heterocycles. The number of rotatable bonds is 4. The van der Waals surface area contributed by atoms with E-state index in [1.807, 2.05) is 0 Å². The van der Waals surface area contributed by atoms with Crippen molar-refractivity contribution >= 4 is 40.7 Å². The second kappa shape index (κ2) is 7.36. The van der Waals surface area contributed by atoms with Crippen molar-refractivity contribution in [2.45, 2.75) is 37.9 Å². The van der Waals surface area contributed by atoms with Crippen LogP contribution in [0.4, 0.5) is 30.6 Å². The molecule has 140 valence electrons. The highest BCUT2D eigenvalue weighted by Gasteiger charge is 2.34. The summed E-state index contributed by atoms with van der Waals surface area (Å²) in [6.07, 6.45) is -0.842. The number of hydrogen-bond donors (Lipinski definition) is 3. The molecule has 0 amide bonds. The van der Waals surface area contributed by atoms with Gasteiger partial charge in [0.2, 0.25) is 5.95 Å². The molecule has 0 spiro atoms. The quantitative estimate of drug-likeness (QED) is 0.575. The molecular formula is C16H15Cl2F3N4O. The first-order chi connectivity index (χ1) is 12.2. The molecule has 26 heavy (non-hydrogen) atoms. The smallest absolute Gasteiger partial charge is 0.433 e. The predicted octanol–water partition coefficient (Wildman–Crippen LogP) is 5.61. The average Bonchev–Trinajstić information content (AvgIpc) is 3.04. The normalized spacial score (nSPS) is 15.3. The van der Waals surface area contributed by atoms with Crippen molar-refractivity contribution in [2.75, 3.05) is 10.6 Å². The van der Waals surface area contributed by atoms with Gasteiger partial charge in [0, 0.05) is 17.8 Å². The summed E-state index contributed by atoms with van der Waals surface area (Å²) in [4.78, 5) is 7.69. The molecule has 0 unspecified atom stereocenters. The third kappa shape index (κ3) is 4.42. The molecule has 2 aromatic rings. The van der Waals surface area contributed by atoms with Gasteiger partial charge in [0.25, 0.3) is 0 Å². The molecule has 1 fully saturated rings. The summed E-state index contributed by atoms with van der Waals surface area (Å²) in [6.45, 7) is 0. The van der Waals surface area contributed by atoms with Crippen LogP contribution in [0.15, 0.2) is 18.2 Å². The van der Waals surface area contributed by atoms with Gasteiger partial charge in [0.1, 0.15) is 5.82 Å². The Morgan fingerprint density at radius 2 is 1.65 bits per heavy atom. The van der Waals surface area contributed by atoms with Gasteiger partial charge in [0.15, 0.2) is 11.4 Å². The number of phenols is 1. The van der Waals surface area contributed by atoms with Crippen LogP contribution in [0.25, 0.3) is 0 Å². The number of anilines is 3. The second-order valence-corrected chi connectivity index (χ2v) is 6.81. The summed E-state index contributed by atoms with van der Waals surface area (Å²) in [5, 5.41) is 15.2. The topological polar surface area (TPSA) is 70.1 Å². The van der Waals surface area contributed by atoms with Crippen molar-refractivity contribution in [3.8, 4) is 5.75 Å². The predicted molar refractivity (Wildman–Crippen MR) is 94.3 cm³/mol. The molecule has 10 heteroatoms. The van der Waals surface area contributed by atoms with Gasteiger partial charge in [-0.2, -0.15) is 18.2 Å². The van der Waals surface area contributed by atoms with Crippen LogP contribution in [0.3, 0.4) is 0 Å². The van der Waals surface area contributed by atoms with Crippen LogP contribution in [0, 0.1) is 0 Å². The highest BCUT2D eigenvalue weighted by Crippen LogP contribution is 2.36. The van der Waals surface area contributed by atoms with E-state index in [-0.39, 0.29) is 39.3 Å². The van der Waals surface area contributed by atoms with Crippen molar-refractivity contribution in [3.05, 3.63) is 33.9 Å². The maximum absolute atomic E-state index is 13.2. The van der Waals surface area contributed by atoms with Crippen molar-refractivity contribution in [2.24, 2.45) is 0 Å². The van der Waals surface area contributed by atoms with Crippen LogP contribution in [0.2, 0.25) is 10.0 Å². The number of hydrogen-bond acceptors (Lipinski definition) is 5. The highest BCUT2D eigenvalue weighted by molar-refractivity contribution is 6.37. The van der Waals surface area contributed by atoms with E-state index in [4.69, 9.17) is 23.2 Å². The first kappa shape index (κ1) is 18.8. The lowest BCUT2D eigenvalue weighted by Crippen LogP contribution is -2.19. The van der Waals surface area contributed by atoms with Crippen molar-refractivity contribution in [1.82, 2.24) is 9.97 Å². The van der Waals surface area contributed by atoms with E-state index in [0.29, 0.717) is 0 Å². The Hall–Kier alpha value is -1.93. The molecule has 1 aliphatic carbocycles. The van der Waals surface area contributed by atoms with Crippen LogP contribution in [0.1, 0.15) is 31.4 Å². The van der Waals surface area contributed by atoms with Gasteiger partial charge in [-0.3, -0.25) is 0 Å². The van der Waals surface area contributed by atoms with Gasteiger partial charge in [-0.05, 0) is 25.0 Å². The van der Waals surface area contributed by atoms with Crippen molar-refractivity contribution in [3.63, 3.8) is 0 Å². The minimum Gasteiger partial charge on any atom is -0.505 e. The zero-order valence-corrected chi connectivity index (χ0v) is 14.9. The van der Waals surface area contributed by atoms with E-state index in [9.17, 15) is 18.3 Å². The first-order valence-corrected chi connectivity index (χ1v) is 8.66. The number of alkyl halides is 3. The SMILES string of the molecule is Oc1c(Cl)cc(Nc2cc(C(F)(F)F)nc(NC3CCCC3)n2)cc1Cl. The Kier molecular flexibility index (Phi) is 5.34. The van der Waals surface area contributed by atoms with Gasteiger partial charge < -0.3 is 15.7 Å². The molecule has 1 aliphatic rings. The minimum atomic E-state index is -4.62. The molecule has 0 aliphatic heterocycles. The lowest BCUT2D eigenvalue weighted by atomic mass is 10.2. The Morgan fingerprint density at radius 3 is 2.23 bits per heavy atom. The van der Waals surface area contributed by atoms with Crippen LogP contribution < -0.4 is 10.6 Å². The third-order valence-corrected chi connectivity index (χ3v) is 4.57. The van der Waals surface area contributed by atoms with E-state index >= 15 is 0 Å². The first-order valence-electron chi connectivity index (χ1n) is 7.90. The molecule has 1 aromatic carbocycles. The molecule has 0 atom stereocenters. The summed E-state index contributed by atoms with van der Waals surface area (Å²) in [5.74, 6) is -0.461. The Morgan fingerprint density at radius 1 is 1.04 bits per heavy atom. The fraction of sp³-hybridized carbons (Fsp3) is 0.375. The molecule has 5 nitrogen and oxygen atoms in total. The average molecular weight is 407 g/mol. The van der Waals surface area contributed by atoms with Gasteiger partial charge in [-0.25, -0.2) is 4.98 Å². The monoisotopic (exact) mass is 406 g/mol. The van der Waals surface area contributed by atoms with Gasteiger partial charge in [0.05, 0.1) is 10.0 Å². The molecular weight excluding hydrogens is 392 g/mol. The second-order valence-electron chi connectivity index (χ2n) is 6.00. The largest absolute Gasteiger partial charge is 0.505 e. The van der Waals surface area contributed by atoms with Crippen LogP contribution >= 0.6 is 23.2 Å². The Balaban J connectivity index is 1.92. The Labute approximate surface area is 157 Å². The molecule has 1 heterocycles. The van der Waals surface area contributed by atoms with Gasteiger partial charge in [-0.1, -0.05) is 36.0 Å². The summed E-state index contributed by atoms with van der Waals surface area (Å²) < 4.78 is 39.5. The number of halogens is 5. The minimum absolute atomic E-state index is 0.0330. The summed E-state index contributed by atoms with van der Waals surface area (Å²) in [5.41, 5.74) is -0.775. The number of benzene rings is 1. The molecule has 3 rings (SSSR count). The third-order valence-electron chi connectivity index (χ3n) is 3.99. The molecule has 0 bridgehead atoms. The number of nitrogens with one attached hydrogen (secondary N) is 2.